The lowest BCUT2D eigenvalue weighted by Crippen LogP contribution is -2.26. The van der Waals surface area contributed by atoms with Gasteiger partial charge in [-0.15, -0.1) is 0 Å². The van der Waals surface area contributed by atoms with Gasteiger partial charge < -0.3 is 20.3 Å². The third-order valence-electron chi connectivity index (χ3n) is 4.49. The first kappa shape index (κ1) is 16.1. The minimum Gasteiger partial charge on any atom is -0.482 e. The van der Waals surface area contributed by atoms with E-state index in [1.54, 1.807) is 36.1 Å². The fraction of sp³-hybridized carbons (Fsp3) is 0.211. The summed E-state index contributed by atoms with van der Waals surface area (Å²) >= 11 is 0. The molecule has 0 fully saturated rings. The standard InChI is InChI=1S/C19H17N3O4/c1-11(23)22-7-6-12-8-14(3-4-16(12)22)20-19(25)13-2-5-17-15(9-13)21-18(24)10-26-17/h2-5,8-9H,6-7,10H2,1H3,(H,20,25)(H,21,24). The highest BCUT2D eigenvalue weighted by atomic mass is 16.5. The minimum absolute atomic E-state index is 0.0128. The molecule has 0 saturated carbocycles. The van der Waals surface area contributed by atoms with Gasteiger partial charge in [-0.1, -0.05) is 0 Å². The Hall–Kier alpha value is -3.35. The number of carbonyl (C=O) groups is 3. The summed E-state index contributed by atoms with van der Waals surface area (Å²) in [6, 6.07) is 10.4. The van der Waals surface area contributed by atoms with E-state index in [0.29, 0.717) is 29.2 Å². The molecule has 3 amide bonds. The predicted molar refractivity (Wildman–Crippen MR) is 96.7 cm³/mol. The summed E-state index contributed by atoms with van der Waals surface area (Å²) in [4.78, 5) is 37.3. The van der Waals surface area contributed by atoms with Crippen LogP contribution in [0.5, 0.6) is 5.75 Å². The number of ether oxygens (including phenoxy) is 1. The second kappa shape index (κ2) is 6.18. The molecule has 26 heavy (non-hydrogen) atoms. The lowest BCUT2D eigenvalue weighted by molar-refractivity contribution is -0.118. The first-order chi connectivity index (χ1) is 12.5. The second-order valence-corrected chi connectivity index (χ2v) is 6.27. The van der Waals surface area contributed by atoms with Crippen molar-refractivity contribution < 1.29 is 19.1 Å². The maximum Gasteiger partial charge on any atom is 0.262 e. The lowest BCUT2D eigenvalue weighted by Gasteiger charge is -2.18. The van der Waals surface area contributed by atoms with Gasteiger partial charge in [0.15, 0.2) is 6.61 Å². The van der Waals surface area contributed by atoms with Gasteiger partial charge in [-0.05, 0) is 48.4 Å². The molecule has 0 aliphatic carbocycles. The molecule has 0 aromatic heterocycles. The van der Waals surface area contributed by atoms with Crippen LogP contribution in [0.25, 0.3) is 0 Å². The molecular weight excluding hydrogens is 334 g/mol. The van der Waals surface area contributed by atoms with Crippen molar-refractivity contribution in [3.63, 3.8) is 0 Å². The average Bonchev–Trinajstić information content (AvgIpc) is 3.04. The zero-order valence-corrected chi connectivity index (χ0v) is 14.2. The van der Waals surface area contributed by atoms with Crippen molar-refractivity contribution in [3.8, 4) is 5.75 Å². The number of rotatable bonds is 2. The zero-order valence-electron chi connectivity index (χ0n) is 14.2. The Morgan fingerprint density at radius 2 is 2.04 bits per heavy atom. The summed E-state index contributed by atoms with van der Waals surface area (Å²) in [6.07, 6.45) is 0.765. The van der Waals surface area contributed by atoms with E-state index in [4.69, 9.17) is 4.74 Å². The molecule has 0 spiro atoms. The summed E-state index contributed by atoms with van der Waals surface area (Å²) in [5.74, 6) is 0.0274. The van der Waals surface area contributed by atoms with Gasteiger partial charge >= 0.3 is 0 Å². The highest BCUT2D eigenvalue weighted by Gasteiger charge is 2.23. The second-order valence-electron chi connectivity index (χ2n) is 6.27. The van der Waals surface area contributed by atoms with Crippen molar-refractivity contribution in [3.05, 3.63) is 47.5 Å². The van der Waals surface area contributed by atoms with E-state index in [9.17, 15) is 14.4 Å². The van der Waals surface area contributed by atoms with Gasteiger partial charge in [0.2, 0.25) is 5.91 Å². The molecule has 132 valence electrons. The van der Waals surface area contributed by atoms with Crippen LogP contribution in [0.15, 0.2) is 36.4 Å². The number of hydrogen-bond acceptors (Lipinski definition) is 4. The first-order valence-corrected chi connectivity index (χ1v) is 8.30. The van der Waals surface area contributed by atoms with Gasteiger partial charge in [-0.3, -0.25) is 14.4 Å². The Morgan fingerprint density at radius 1 is 1.19 bits per heavy atom. The maximum absolute atomic E-state index is 12.5. The zero-order chi connectivity index (χ0) is 18.3. The number of hydrogen-bond donors (Lipinski definition) is 2. The van der Waals surface area contributed by atoms with Crippen molar-refractivity contribution >= 4 is 34.8 Å². The first-order valence-electron chi connectivity index (χ1n) is 8.30. The van der Waals surface area contributed by atoms with E-state index in [0.717, 1.165) is 17.7 Å². The fourth-order valence-electron chi connectivity index (χ4n) is 3.23. The number of carbonyl (C=O) groups excluding carboxylic acids is 3. The molecule has 2 N–H and O–H groups in total. The van der Waals surface area contributed by atoms with Crippen molar-refractivity contribution in [2.24, 2.45) is 0 Å². The van der Waals surface area contributed by atoms with Crippen molar-refractivity contribution in [2.45, 2.75) is 13.3 Å². The topological polar surface area (TPSA) is 87.7 Å². The van der Waals surface area contributed by atoms with Crippen LogP contribution in [0.3, 0.4) is 0 Å². The van der Waals surface area contributed by atoms with E-state index in [-0.39, 0.29) is 24.3 Å². The molecular formula is C19H17N3O4. The molecule has 4 rings (SSSR count). The number of fused-ring (bicyclic) bond motifs is 2. The van der Waals surface area contributed by atoms with Crippen LogP contribution < -0.4 is 20.3 Å². The van der Waals surface area contributed by atoms with Gasteiger partial charge in [0.25, 0.3) is 11.8 Å². The monoisotopic (exact) mass is 351 g/mol. The largest absolute Gasteiger partial charge is 0.482 e. The molecule has 2 aromatic carbocycles. The Morgan fingerprint density at radius 3 is 2.85 bits per heavy atom. The average molecular weight is 351 g/mol. The summed E-state index contributed by atoms with van der Waals surface area (Å²) < 4.78 is 5.29. The van der Waals surface area contributed by atoms with E-state index in [1.807, 2.05) is 12.1 Å². The molecule has 0 radical (unpaired) electrons. The van der Waals surface area contributed by atoms with Crippen molar-refractivity contribution in [1.82, 2.24) is 0 Å². The molecule has 2 aliphatic heterocycles. The van der Waals surface area contributed by atoms with Gasteiger partial charge in [0.1, 0.15) is 5.75 Å². The smallest absolute Gasteiger partial charge is 0.262 e. The Balaban J connectivity index is 1.53. The normalized spacial score (nSPS) is 14.8. The molecule has 0 bridgehead atoms. The number of benzene rings is 2. The molecule has 2 heterocycles. The Kier molecular flexibility index (Phi) is 3.84. The van der Waals surface area contributed by atoms with Crippen molar-refractivity contribution in [2.75, 3.05) is 28.7 Å². The van der Waals surface area contributed by atoms with Crippen molar-refractivity contribution in [1.29, 1.82) is 0 Å². The third kappa shape index (κ3) is 2.88. The molecule has 0 unspecified atom stereocenters. The van der Waals surface area contributed by atoms with Gasteiger partial charge in [-0.2, -0.15) is 0 Å². The van der Waals surface area contributed by atoms with Gasteiger partial charge in [0, 0.05) is 30.4 Å². The van der Waals surface area contributed by atoms with E-state index in [2.05, 4.69) is 10.6 Å². The summed E-state index contributed by atoms with van der Waals surface area (Å²) in [5.41, 5.74) is 3.49. The van der Waals surface area contributed by atoms with E-state index in [1.165, 1.54) is 0 Å². The van der Waals surface area contributed by atoms with Gasteiger partial charge in [0.05, 0.1) is 5.69 Å². The molecule has 7 heteroatoms. The molecule has 2 aliphatic rings. The highest BCUT2D eigenvalue weighted by molar-refractivity contribution is 6.06. The van der Waals surface area contributed by atoms with Crippen LogP contribution in [-0.4, -0.2) is 30.9 Å². The third-order valence-corrected chi connectivity index (χ3v) is 4.49. The summed E-state index contributed by atoms with van der Waals surface area (Å²) in [5, 5.41) is 5.54. The molecule has 2 aromatic rings. The quantitative estimate of drug-likeness (QED) is 0.868. The number of nitrogens with one attached hydrogen (secondary N) is 2. The molecule has 7 nitrogen and oxygen atoms in total. The van der Waals surface area contributed by atoms with E-state index < -0.39 is 0 Å². The highest BCUT2D eigenvalue weighted by Crippen LogP contribution is 2.31. The summed E-state index contributed by atoms with van der Waals surface area (Å²) in [6.45, 7) is 2.18. The minimum atomic E-state index is -0.283. The summed E-state index contributed by atoms with van der Waals surface area (Å²) in [7, 11) is 0. The van der Waals surface area contributed by atoms with Gasteiger partial charge in [-0.25, -0.2) is 0 Å². The maximum atomic E-state index is 12.5. The van der Waals surface area contributed by atoms with Crippen LogP contribution in [0.4, 0.5) is 17.1 Å². The predicted octanol–water partition coefficient (Wildman–Crippen LogP) is 2.18. The molecule has 0 atom stereocenters. The SMILES string of the molecule is CC(=O)N1CCc2cc(NC(=O)c3ccc4c(c3)NC(=O)CO4)ccc21. The number of amides is 3. The number of anilines is 3. The molecule has 0 saturated heterocycles. The fourth-order valence-corrected chi connectivity index (χ4v) is 3.23. The Labute approximate surface area is 149 Å². The van der Waals surface area contributed by atoms with E-state index >= 15 is 0 Å². The van der Waals surface area contributed by atoms with Crippen LogP contribution in [0.2, 0.25) is 0 Å². The van der Waals surface area contributed by atoms with Crippen LogP contribution >= 0.6 is 0 Å². The Bertz CT molecular complexity index is 938. The van der Waals surface area contributed by atoms with Crippen LogP contribution in [0.1, 0.15) is 22.8 Å². The van der Waals surface area contributed by atoms with Crippen LogP contribution in [0, 0.1) is 0 Å². The lowest BCUT2D eigenvalue weighted by atomic mass is 10.1. The van der Waals surface area contributed by atoms with Crippen LogP contribution in [-0.2, 0) is 16.0 Å². The number of nitrogens with zero attached hydrogens (tertiary/aromatic N) is 1.